The van der Waals surface area contributed by atoms with Crippen molar-refractivity contribution in [3.05, 3.63) is 76.3 Å². The third-order valence-electron chi connectivity index (χ3n) is 5.22. The van der Waals surface area contributed by atoms with E-state index in [9.17, 15) is 0 Å². The molecule has 136 valence electrons. The second-order valence-electron chi connectivity index (χ2n) is 7.42. The fourth-order valence-corrected chi connectivity index (χ4v) is 3.52. The minimum Gasteiger partial charge on any atom is -0.339 e. The quantitative estimate of drug-likeness (QED) is 0.418. The van der Waals surface area contributed by atoms with E-state index in [2.05, 4.69) is 80.1 Å². The van der Waals surface area contributed by atoms with Gasteiger partial charge in [-0.15, -0.1) is 0 Å². The summed E-state index contributed by atoms with van der Waals surface area (Å²) in [6.45, 7) is 8.68. The fourth-order valence-electron chi connectivity index (χ4n) is 3.32. The lowest BCUT2D eigenvalue weighted by Crippen LogP contribution is -1.93. The molecule has 2 aromatic heterocycles. The molecular formula is C23H23N3S. The summed E-state index contributed by atoms with van der Waals surface area (Å²) >= 11 is 5.46. The molecule has 0 aliphatic carbocycles. The van der Waals surface area contributed by atoms with Crippen LogP contribution in [0.15, 0.2) is 54.9 Å². The van der Waals surface area contributed by atoms with Crippen LogP contribution in [0.4, 0.5) is 0 Å². The molecule has 0 unspecified atom stereocenters. The summed E-state index contributed by atoms with van der Waals surface area (Å²) in [4.78, 5) is 8.00. The molecule has 1 N–H and O–H groups in total. The smallest absolute Gasteiger partial charge is 0.205 e. The van der Waals surface area contributed by atoms with Gasteiger partial charge in [0.1, 0.15) is 5.65 Å². The molecule has 0 saturated carbocycles. The molecule has 4 rings (SSSR count). The van der Waals surface area contributed by atoms with Crippen LogP contribution in [-0.4, -0.2) is 14.4 Å². The highest BCUT2D eigenvalue weighted by Gasteiger charge is 2.11. The summed E-state index contributed by atoms with van der Waals surface area (Å²) in [6.07, 6.45) is 3.91. The number of benzene rings is 2. The van der Waals surface area contributed by atoms with Crippen LogP contribution in [-0.2, 0) is 0 Å². The molecule has 0 fully saturated rings. The summed E-state index contributed by atoms with van der Waals surface area (Å²) in [5, 5.41) is 0. The van der Waals surface area contributed by atoms with E-state index in [0.29, 0.717) is 10.7 Å². The van der Waals surface area contributed by atoms with Crippen molar-refractivity contribution in [2.75, 3.05) is 0 Å². The topological polar surface area (TPSA) is 33.1 Å². The SMILES string of the molecule is Cc1ccc(-c2cn3c(=S)ncc(-c4ccc(C(C)C)cc4)c3[nH]2)cc1C. The van der Waals surface area contributed by atoms with Crippen LogP contribution >= 0.6 is 12.2 Å². The van der Waals surface area contributed by atoms with Crippen molar-refractivity contribution in [1.29, 1.82) is 0 Å². The summed E-state index contributed by atoms with van der Waals surface area (Å²) in [7, 11) is 0. The van der Waals surface area contributed by atoms with Crippen molar-refractivity contribution in [3.63, 3.8) is 0 Å². The molecule has 4 heteroatoms. The zero-order chi connectivity index (χ0) is 19.1. The van der Waals surface area contributed by atoms with Crippen molar-refractivity contribution in [2.45, 2.75) is 33.6 Å². The first-order valence-corrected chi connectivity index (χ1v) is 9.63. The fraction of sp³-hybridized carbons (Fsp3) is 0.217. The second-order valence-corrected chi connectivity index (χ2v) is 7.78. The average Bonchev–Trinajstić information content (AvgIpc) is 3.11. The summed E-state index contributed by atoms with van der Waals surface area (Å²) in [5.74, 6) is 0.517. The molecule has 27 heavy (non-hydrogen) atoms. The molecule has 3 nitrogen and oxygen atoms in total. The van der Waals surface area contributed by atoms with Gasteiger partial charge in [-0.1, -0.05) is 50.2 Å². The minimum absolute atomic E-state index is 0.517. The summed E-state index contributed by atoms with van der Waals surface area (Å²) in [5.41, 5.74) is 9.24. The molecular weight excluding hydrogens is 350 g/mol. The van der Waals surface area contributed by atoms with Gasteiger partial charge in [-0.2, -0.15) is 0 Å². The van der Waals surface area contributed by atoms with Crippen LogP contribution in [0.3, 0.4) is 0 Å². The van der Waals surface area contributed by atoms with Crippen molar-refractivity contribution in [1.82, 2.24) is 14.4 Å². The van der Waals surface area contributed by atoms with Gasteiger partial charge in [0.05, 0.1) is 5.69 Å². The Balaban J connectivity index is 1.87. The van der Waals surface area contributed by atoms with Gasteiger partial charge in [-0.05, 0) is 65.9 Å². The molecule has 0 amide bonds. The molecule has 0 spiro atoms. The van der Waals surface area contributed by atoms with Crippen LogP contribution in [0, 0.1) is 18.6 Å². The maximum atomic E-state index is 5.46. The number of imidazole rings is 1. The van der Waals surface area contributed by atoms with E-state index < -0.39 is 0 Å². The van der Waals surface area contributed by atoms with Crippen molar-refractivity contribution in [3.8, 4) is 22.4 Å². The summed E-state index contributed by atoms with van der Waals surface area (Å²) in [6, 6.07) is 15.2. The van der Waals surface area contributed by atoms with E-state index in [4.69, 9.17) is 12.2 Å². The molecule has 2 aromatic carbocycles. The highest BCUT2D eigenvalue weighted by molar-refractivity contribution is 7.71. The van der Waals surface area contributed by atoms with Crippen molar-refractivity contribution < 1.29 is 0 Å². The zero-order valence-corrected chi connectivity index (χ0v) is 16.9. The number of nitrogens with one attached hydrogen (secondary N) is 1. The lowest BCUT2D eigenvalue weighted by atomic mass is 10.00. The Labute approximate surface area is 164 Å². The Kier molecular flexibility index (Phi) is 4.44. The van der Waals surface area contributed by atoms with E-state index in [0.717, 1.165) is 28.0 Å². The van der Waals surface area contributed by atoms with Crippen molar-refractivity contribution >= 4 is 17.9 Å². The Hall–Kier alpha value is -2.72. The van der Waals surface area contributed by atoms with Crippen molar-refractivity contribution in [2.24, 2.45) is 0 Å². The highest BCUT2D eigenvalue weighted by Crippen LogP contribution is 2.28. The van der Waals surface area contributed by atoms with Gasteiger partial charge in [0, 0.05) is 18.0 Å². The number of aromatic nitrogens is 3. The van der Waals surface area contributed by atoms with Crippen LogP contribution in [0.1, 0.15) is 36.5 Å². The first-order chi connectivity index (χ1) is 12.9. The van der Waals surface area contributed by atoms with Gasteiger partial charge in [0.15, 0.2) is 0 Å². The molecule has 0 saturated heterocycles. The third-order valence-corrected chi connectivity index (χ3v) is 5.53. The minimum atomic E-state index is 0.517. The molecule has 0 bridgehead atoms. The Morgan fingerprint density at radius 3 is 2.33 bits per heavy atom. The standard InChI is InChI=1S/C23H23N3S/c1-14(2)17-7-9-18(10-8-17)20-12-24-23(27)26-13-21(25-22(20)26)19-6-5-15(3)16(4)11-19/h5-14,25H,1-4H3. The van der Waals surface area contributed by atoms with E-state index in [-0.39, 0.29) is 0 Å². The van der Waals surface area contributed by atoms with Crippen LogP contribution in [0.2, 0.25) is 0 Å². The Bertz CT molecular complexity index is 1180. The number of aryl methyl sites for hydroxylation is 2. The summed E-state index contributed by atoms with van der Waals surface area (Å²) < 4.78 is 2.52. The lowest BCUT2D eigenvalue weighted by Gasteiger charge is -2.08. The van der Waals surface area contributed by atoms with Crippen LogP contribution in [0.25, 0.3) is 28.0 Å². The molecule has 4 aromatic rings. The van der Waals surface area contributed by atoms with Gasteiger partial charge in [0.2, 0.25) is 4.77 Å². The number of nitrogens with zero attached hydrogens (tertiary/aromatic N) is 2. The van der Waals surface area contributed by atoms with E-state index in [1.54, 1.807) is 0 Å². The predicted molar refractivity (Wildman–Crippen MR) is 115 cm³/mol. The molecule has 0 aliphatic rings. The molecule has 0 radical (unpaired) electrons. The highest BCUT2D eigenvalue weighted by atomic mass is 32.1. The van der Waals surface area contributed by atoms with E-state index in [1.165, 1.54) is 16.7 Å². The van der Waals surface area contributed by atoms with E-state index >= 15 is 0 Å². The number of H-pyrrole nitrogens is 1. The number of hydrogen-bond acceptors (Lipinski definition) is 2. The largest absolute Gasteiger partial charge is 0.339 e. The number of hydrogen-bond donors (Lipinski definition) is 1. The number of aromatic amines is 1. The monoisotopic (exact) mass is 373 g/mol. The molecule has 0 atom stereocenters. The first-order valence-electron chi connectivity index (χ1n) is 9.22. The number of rotatable bonds is 3. The third kappa shape index (κ3) is 3.21. The van der Waals surface area contributed by atoms with Crippen LogP contribution < -0.4 is 0 Å². The maximum Gasteiger partial charge on any atom is 0.205 e. The van der Waals surface area contributed by atoms with Gasteiger partial charge in [0.25, 0.3) is 0 Å². The first kappa shape index (κ1) is 17.7. The van der Waals surface area contributed by atoms with Gasteiger partial charge in [-0.25, -0.2) is 4.98 Å². The predicted octanol–water partition coefficient (Wildman–Crippen LogP) is 6.47. The van der Waals surface area contributed by atoms with Gasteiger partial charge >= 0.3 is 0 Å². The Morgan fingerprint density at radius 1 is 0.963 bits per heavy atom. The number of fused-ring (bicyclic) bond motifs is 1. The lowest BCUT2D eigenvalue weighted by molar-refractivity contribution is 0.867. The normalized spacial score (nSPS) is 11.4. The molecule has 0 aliphatic heterocycles. The van der Waals surface area contributed by atoms with E-state index in [1.807, 2.05) is 16.8 Å². The van der Waals surface area contributed by atoms with Gasteiger partial charge in [-0.3, -0.25) is 4.40 Å². The van der Waals surface area contributed by atoms with Gasteiger partial charge < -0.3 is 4.98 Å². The van der Waals surface area contributed by atoms with Crippen LogP contribution in [0.5, 0.6) is 0 Å². The maximum absolute atomic E-state index is 5.46. The molecule has 2 heterocycles. The zero-order valence-electron chi connectivity index (χ0n) is 16.1. The average molecular weight is 374 g/mol. The Morgan fingerprint density at radius 2 is 1.67 bits per heavy atom. The second kappa shape index (κ2) is 6.78.